The highest BCUT2D eigenvalue weighted by atomic mass is 16.5. The van der Waals surface area contributed by atoms with E-state index in [0.29, 0.717) is 5.56 Å². The Kier molecular flexibility index (Phi) is 4.77. The normalized spacial score (nSPS) is 11.1. The summed E-state index contributed by atoms with van der Waals surface area (Å²) < 4.78 is 9.91. The molecule has 0 amide bonds. The Morgan fingerprint density at radius 2 is 2.00 bits per heavy atom. The molecule has 4 heteroatoms. The monoisotopic (exact) mass is 231 g/mol. The van der Waals surface area contributed by atoms with Gasteiger partial charge in [-0.25, -0.2) is 4.79 Å². The Morgan fingerprint density at radius 3 is 2.47 bits per heavy atom. The third-order valence-electron chi connectivity index (χ3n) is 2.06. The Labute approximate surface area is 100 Å². The van der Waals surface area contributed by atoms with Crippen molar-refractivity contribution in [3.05, 3.63) is 41.5 Å². The Hall–Kier alpha value is -2.28. The van der Waals surface area contributed by atoms with Crippen LogP contribution in [0.2, 0.25) is 0 Å². The van der Waals surface area contributed by atoms with Crippen LogP contribution in [0.3, 0.4) is 0 Å². The summed E-state index contributed by atoms with van der Waals surface area (Å²) in [5, 5.41) is 9.00. The van der Waals surface area contributed by atoms with E-state index in [4.69, 9.17) is 14.7 Å². The number of hydrogen-bond acceptors (Lipinski definition) is 4. The molecule has 0 fully saturated rings. The van der Waals surface area contributed by atoms with Gasteiger partial charge < -0.3 is 9.47 Å². The van der Waals surface area contributed by atoms with Gasteiger partial charge in [-0.1, -0.05) is 30.3 Å². The van der Waals surface area contributed by atoms with Gasteiger partial charge in [-0.2, -0.15) is 5.26 Å². The molecule has 1 aromatic rings. The van der Waals surface area contributed by atoms with Gasteiger partial charge in [-0.3, -0.25) is 0 Å². The molecule has 0 saturated carbocycles. The van der Waals surface area contributed by atoms with E-state index < -0.39 is 5.97 Å². The zero-order chi connectivity index (χ0) is 12.7. The molecule has 0 aliphatic heterocycles. The summed E-state index contributed by atoms with van der Waals surface area (Å²) in [7, 11) is 1.42. The van der Waals surface area contributed by atoms with Crippen LogP contribution in [0.4, 0.5) is 0 Å². The SMILES string of the molecule is CCOC(=O)/C(C#N)=C(/OC)c1ccccc1. The van der Waals surface area contributed by atoms with Crippen LogP contribution in [0.1, 0.15) is 12.5 Å². The van der Waals surface area contributed by atoms with Crippen molar-refractivity contribution >= 4 is 11.7 Å². The van der Waals surface area contributed by atoms with Gasteiger partial charge >= 0.3 is 5.97 Å². The Morgan fingerprint density at radius 1 is 1.35 bits per heavy atom. The molecule has 0 aromatic heterocycles. The predicted molar refractivity (Wildman–Crippen MR) is 62.6 cm³/mol. The molecular formula is C13H13NO3. The molecule has 0 N–H and O–H groups in total. The fourth-order valence-electron chi connectivity index (χ4n) is 1.35. The van der Waals surface area contributed by atoms with E-state index in [0.717, 1.165) is 0 Å². The van der Waals surface area contributed by atoms with Gasteiger partial charge in [0.15, 0.2) is 11.3 Å². The number of nitriles is 1. The quantitative estimate of drug-likeness (QED) is 0.345. The van der Waals surface area contributed by atoms with E-state index >= 15 is 0 Å². The molecule has 0 radical (unpaired) electrons. The van der Waals surface area contributed by atoms with Crippen LogP contribution >= 0.6 is 0 Å². The standard InChI is InChI=1S/C13H13NO3/c1-3-17-13(15)11(9-14)12(16-2)10-7-5-4-6-8-10/h4-8H,3H2,1-2H3/b12-11+. The molecule has 4 nitrogen and oxygen atoms in total. The fourth-order valence-corrected chi connectivity index (χ4v) is 1.35. The van der Waals surface area contributed by atoms with Crippen molar-refractivity contribution in [2.45, 2.75) is 6.92 Å². The summed E-state index contributed by atoms with van der Waals surface area (Å²) in [6.07, 6.45) is 0. The van der Waals surface area contributed by atoms with E-state index in [1.807, 2.05) is 12.1 Å². The highest BCUT2D eigenvalue weighted by Gasteiger charge is 2.18. The minimum atomic E-state index is -0.671. The maximum absolute atomic E-state index is 11.6. The van der Waals surface area contributed by atoms with Gasteiger partial charge in [-0.15, -0.1) is 0 Å². The zero-order valence-electron chi connectivity index (χ0n) is 9.77. The lowest BCUT2D eigenvalue weighted by molar-refractivity contribution is -0.138. The number of ether oxygens (including phenoxy) is 2. The number of carbonyl (C=O) groups is 1. The maximum atomic E-state index is 11.6. The Bertz CT molecular complexity index is 457. The molecule has 0 heterocycles. The average molecular weight is 231 g/mol. The lowest BCUT2D eigenvalue weighted by Crippen LogP contribution is -2.09. The molecular weight excluding hydrogens is 218 g/mol. The number of nitrogens with zero attached hydrogens (tertiary/aromatic N) is 1. The first-order valence-corrected chi connectivity index (χ1v) is 5.15. The molecule has 0 unspecified atom stereocenters. The minimum absolute atomic E-state index is 0.124. The van der Waals surface area contributed by atoms with Crippen LogP contribution in [-0.2, 0) is 14.3 Å². The molecule has 0 spiro atoms. The maximum Gasteiger partial charge on any atom is 0.352 e. The summed E-state index contributed by atoms with van der Waals surface area (Å²) in [5.41, 5.74) is 0.542. The third kappa shape index (κ3) is 3.08. The van der Waals surface area contributed by atoms with Gasteiger partial charge in [0, 0.05) is 5.56 Å². The highest BCUT2D eigenvalue weighted by molar-refractivity contribution is 6.00. The molecule has 0 aliphatic carbocycles. The summed E-state index contributed by atoms with van der Waals surface area (Å²) in [6, 6.07) is 10.8. The molecule has 17 heavy (non-hydrogen) atoms. The van der Waals surface area contributed by atoms with Gasteiger partial charge in [-0.05, 0) is 6.92 Å². The molecule has 0 atom stereocenters. The molecule has 88 valence electrons. The van der Waals surface area contributed by atoms with Crippen LogP contribution in [0, 0.1) is 11.3 Å². The number of rotatable bonds is 4. The van der Waals surface area contributed by atoms with E-state index in [9.17, 15) is 4.79 Å². The molecule has 1 aromatic carbocycles. The van der Waals surface area contributed by atoms with Crippen molar-refractivity contribution in [1.82, 2.24) is 0 Å². The highest BCUT2D eigenvalue weighted by Crippen LogP contribution is 2.19. The second-order valence-corrected chi connectivity index (χ2v) is 3.11. The van der Waals surface area contributed by atoms with Gasteiger partial charge in [0.1, 0.15) is 6.07 Å². The van der Waals surface area contributed by atoms with Crippen molar-refractivity contribution in [3.63, 3.8) is 0 Å². The van der Waals surface area contributed by atoms with Crippen molar-refractivity contribution in [3.8, 4) is 6.07 Å². The van der Waals surface area contributed by atoms with E-state index in [-0.39, 0.29) is 17.9 Å². The first kappa shape index (κ1) is 12.8. The number of esters is 1. The molecule has 1 rings (SSSR count). The topological polar surface area (TPSA) is 59.3 Å². The average Bonchev–Trinajstić information content (AvgIpc) is 2.37. The summed E-state index contributed by atoms with van der Waals surface area (Å²) in [4.78, 5) is 11.6. The fraction of sp³-hybridized carbons (Fsp3) is 0.231. The zero-order valence-corrected chi connectivity index (χ0v) is 9.77. The molecule has 0 bridgehead atoms. The van der Waals surface area contributed by atoms with Gasteiger partial charge in [0.25, 0.3) is 0 Å². The van der Waals surface area contributed by atoms with Crippen LogP contribution in [0.15, 0.2) is 35.9 Å². The van der Waals surface area contributed by atoms with Crippen molar-refractivity contribution in [2.75, 3.05) is 13.7 Å². The largest absolute Gasteiger partial charge is 0.494 e. The molecule has 0 aliphatic rings. The second kappa shape index (κ2) is 6.33. The van der Waals surface area contributed by atoms with Gasteiger partial charge in [0.05, 0.1) is 13.7 Å². The summed E-state index contributed by atoms with van der Waals surface area (Å²) in [6.45, 7) is 1.90. The Balaban J connectivity index is 3.21. The van der Waals surface area contributed by atoms with Crippen LogP contribution in [0.25, 0.3) is 5.76 Å². The van der Waals surface area contributed by atoms with Crippen molar-refractivity contribution < 1.29 is 14.3 Å². The number of methoxy groups -OCH3 is 1. The van der Waals surface area contributed by atoms with E-state index in [1.54, 1.807) is 31.2 Å². The minimum Gasteiger partial charge on any atom is -0.494 e. The first-order chi connectivity index (χ1) is 8.24. The van der Waals surface area contributed by atoms with E-state index in [1.165, 1.54) is 7.11 Å². The summed E-state index contributed by atoms with van der Waals surface area (Å²) >= 11 is 0. The summed E-state index contributed by atoms with van der Waals surface area (Å²) in [5.74, 6) is -0.442. The van der Waals surface area contributed by atoms with Crippen molar-refractivity contribution in [2.24, 2.45) is 0 Å². The number of carbonyl (C=O) groups excluding carboxylic acids is 1. The first-order valence-electron chi connectivity index (χ1n) is 5.15. The van der Waals surface area contributed by atoms with Gasteiger partial charge in [0.2, 0.25) is 0 Å². The smallest absolute Gasteiger partial charge is 0.352 e. The van der Waals surface area contributed by atoms with E-state index in [2.05, 4.69) is 0 Å². The van der Waals surface area contributed by atoms with Crippen molar-refractivity contribution in [1.29, 1.82) is 5.26 Å². The van der Waals surface area contributed by atoms with Crippen LogP contribution in [-0.4, -0.2) is 19.7 Å². The lowest BCUT2D eigenvalue weighted by Gasteiger charge is -2.08. The lowest BCUT2D eigenvalue weighted by atomic mass is 10.1. The molecule has 0 saturated heterocycles. The predicted octanol–water partition coefficient (Wildman–Crippen LogP) is 2.13. The van der Waals surface area contributed by atoms with Crippen LogP contribution < -0.4 is 0 Å². The van der Waals surface area contributed by atoms with Crippen LogP contribution in [0.5, 0.6) is 0 Å². The number of hydrogen-bond donors (Lipinski definition) is 0. The number of benzene rings is 1. The third-order valence-corrected chi connectivity index (χ3v) is 2.06. The second-order valence-electron chi connectivity index (χ2n) is 3.11.